The van der Waals surface area contributed by atoms with Gasteiger partial charge < -0.3 is 0 Å². The average molecular weight is 487 g/mol. The van der Waals surface area contributed by atoms with Crippen molar-refractivity contribution >= 4 is 14.4 Å². The SMILES string of the molecule is CC(C)=c1c(C)c(C(C)(C)C)c(C2=CC=CC2)c2c1=c1ccc(C(C)(C)C)cc1=[C]2[Zr]. The molecule has 0 radical (unpaired) electrons. The van der Waals surface area contributed by atoms with Crippen LogP contribution in [0.15, 0.2) is 36.4 Å². The van der Waals surface area contributed by atoms with E-state index in [1.54, 1.807) is 0 Å². The van der Waals surface area contributed by atoms with Gasteiger partial charge in [-0.3, -0.25) is 0 Å². The number of benzene rings is 2. The van der Waals surface area contributed by atoms with Crippen LogP contribution < -0.4 is 10.4 Å². The van der Waals surface area contributed by atoms with Gasteiger partial charge in [-0.1, -0.05) is 0 Å². The molecule has 2 aromatic carbocycles. The molecule has 0 heterocycles. The first-order valence-corrected chi connectivity index (χ1v) is 12.7. The first-order valence-electron chi connectivity index (χ1n) is 11.5. The molecule has 0 N–H and O–H groups in total. The Morgan fingerprint density at radius 1 is 0.903 bits per heavy atom. The zero-order valence-electron chi connectivity index (χ0n) is 20.7. The number of hydrogen-bond acceptors (Lipinski definition) is 0. The summed E-state index contributed by atoms with van der Waals surface area (Å²) in [4.78, 5) is 0. The molecular weight excluding hydrogens is 452 g/mol. The molecule has 0 saturated carbocycles. The van der Waals surface area contributed by atoms with Crippen molar-refractivity contribution in [2.24, 2.45) is 0 Å². The molecule has 0 saturated heterocycles. The van der Waals surface area contributed by atoms with Gasteiger partial charge in [0.05, 0.1) is 0 Å². The first kappa shape index (κ1) is 22.7. The van der Waals surface area contributed by atoms with E-state index >= 15 is 0 Å². The maximum absolute atomic E-state index is 2.48. The zero-order valence-corrected chi connectivity index (χ0v) is 23.1. The summed E-state index contributed by atoms with van der Waals surface area (Å²) in [5, 5.41) is 5.84. The van der Waals surface area contributed by atoms with Crippen molar-refractivity contribution in [3.63, 3.8) is 0 Å². The van der Waals surface area contributed by atoms with E-state index in [-0.39, 0.29) is 10.8 Å². The molecule has 31 heavy (non-hydrogen) atoms. The van der Waals surface area contributed by atoms with Gasteiger partial charge in [0.2, 0.25) is 0 Å². The fourth-order valence-electron chi connectivity index (χ4n) is 5.48. The van der Waals surface area contributed by atoms with Crippen molar-refractivity contribution in [2.75, 3.05) is 0 Å². The summed E-state index contributed by atoms with van der Waals surface area (Å²) in [5.41, 5.74) is 10.6. The van der Waals surface area contributed by atoms with Crippen molar-refractivity contribution in [1.82, 2.24) is 0 Å². The van der Waals surface area contributed by atoms with Gasteiger partial charge in [-0.05, 0) is 0 Å². The molecule has 0 fully saturated rings. The number of allylic oxidation sites excluding steroid dienone is 4. The minimum absolute atomic E-state index is 0.0871. The van der Waals surface area contributed by atoms with Crippen molar-refractivity contribution in [2.45, 2.75) is 79.6 Å². The average Bonchev–Trinajstić information content (AvgIpc) is 3.26. The van der Waals surface area contributed by atoms with E-state index in [2.05, 4.69) is 98.7 Å². The van der Waals surface area contributed by atoms with Gasteiger partial charge in [0.15, 0.2) is 0 Å². The third kappa shape index (κ3) is 3.62. The van der Waals surface area contributed by atoms with E-state index < -0.39 is 0 Å². The molecule has 2 aromatic rings. The Hall–Kier alpha value is -1.46. The normalized spacial score (nSPS) is 15.2. The minimum atomic E-state index is 0.0871. The summed E-state index contributed by atoms with van der Waals surface area (Å²) in [6.45, 7) is 21.0. The van der Waals surface area contributed by atoms with E-state index in [1.807, 2.05) is 0 Å². The fraction of sp³-hybridized carbons (Fsp3) is 0.400. The van der Waals surface area contributed by atoms with Gasteiger partial charge in [-0.25, -0.2) is 0 Å². The van der Waals surface area contributed by atoms with E-state index in [4.69, 9.17) is 0 Å². The second-order valence-electron chi connectivity index (χ2n) is 11.5. The van der Waals surface area contributed by atoms with E-state index in [0.717, 1.165) is 6.42 Å². The molecule has 0 unspecified atom stereocenters. The van der Waals surface area contributed by atoms with Crippen LogP contribution in [0.1, 0.15) is 89.6 Å². The predicted molar refractivity (Wildman–Crippen MR) is 131 cm³/mol. The van der Waals surface area contributed by atoms with Gasteiger partial charge in [0.25, 0.3) is 0 Å². The third-order valence-corrected chi connectivity index (χ3v) is 8.04. The van der Waals surface area contributed by atoms with Crippen molar-refractivity contribution in [1.29, 1.82) is 0 Å². The van der Waals surface area contributed by atoms with Gasteiger partial charge >= 0.3 is 204 Å². The Kier molecular flexibility index (Phi) is 5.54. The van der Waals surface area contributed by atoms with Crippen LogP contribution in [-0.4, -0.2) is 0 Å². The Labute approximate surface area is 203 Å². The Balaban J connectivity index is 2.34. The molecule has 0 nitrogen and oxygen atoms in total. The van der Waals surface area contributed by atoms with Gasteiger partial charge in [0.1, 0.15) is 0 Å². The van der Waals surface area contributed by atoms with E-state index in [9.17, 15) is 0 Å². The van der Waals surface area contributed by atoms with Crippen molar-refractivity contribution < 1.29 is 24.7 Å². The van der Waals surface area contributed by atoms with Crippen LogP contribution in [0.4, 0.5) is 0 Å². The van der Waals surface area contributed by atoms with Crippen molar-refractivity contribution in [3.8, 4) is 0 Å². The standard InChI is InChI=1S/C30H35.Zr/c1-18(2)25-19(3)28(30(7,8)9)26(20-12-10-11-13-20)24-17-21-16-22(29(4,5)6)14-15-23(21)27(24)25;/h10-12,14-16H,13H2,1-9H3;. The second-order valence-corrected chi connectivity index (χ2v) is 12.7. The molecule has 2 aliphatic carbocycles. The predicted octanol–water partition coefficient (Wildman–Crippen LogP) is 6.43. The van der Waals surface area contributed by atoms with E-state index in [0.29, 0.717) is 0 Å². The molecule has 0 amide bonds. The quantitative estimate of drug-likeness (QED) is 0.436. The molecule has 2 aliphatic rings. The molecule has 4 rings (SSSR count). The molecular formula is C30H35Zr. The summed E-state index contributed by atoms with van der Waals surface area (Å²) >= 11 is 1.50. The van der Waals surface area contributed by atoms with Gasteiger partial charge in [-0.2, -0.15) is 0 Å². The zero-order chi connectivity index (χ0) is 22.9. The molecule has 0 atom stereocenters. The summed E-state index contributed by atoms with van der Waals surface area (Å²) in [7, 11) is 0. The molecule has 0 aliphatic heterocycles. The molecule has 1 heteroatoms. The molecule has 0 spiro atoms. The van der Waals surface area contributed by atoms with Crippen LogP contribution in [0.25, 0.3) is 14.4 Å². The summed E-state index contributed by atoms with van der Waals surface area (Å²) in [6, 6.07) is 7.24. The Bertz CT molecular complexity index is 1380. The first-order chi connectivity index (χ1) is 14.3. The number of fused-ring (bicyclic) bond motifs is 2. The van der Waals surface area contributed by atoms with Crippen LogP contribution in [0.5, 0.6) is 0 Å². The molecule has 159 valence electrons. The molecule has 0 aromatic heterocycles. The van der Waals surface area contributed by atoms with Gasteiger partial charge in [-0.15, -0.1) is 0 Å². The van der Waals surface area contributed by atoms with Gasteiger partial charge in [0, 0.05) is 0 Å². The Morgan fingerprint density at radius 3 is 2.10 bits per heavy atom. The monoisotopic (exact) mass is 485 g/mol. The summed E-state index contributed by atoms with van der Waals surface area (Å²) in [6.07, 6.45) is 7.92. The second kappa shape index (κ2) is 7.55. The topological polar surface area (TPSA) is 0 Å². The summed E-state index contributed by atoms with van der Waals surface area (Å²) < 4.78 is 1.53. The van der Waals surface area contributed by atoms with E-state index in [1.165, 1.54) is 87.8 Å². The van der Waals surface area contributed by atoms with Crippen molar-refractivity contribution in [3.05, 3.63) is 85.1 Å². The number of hydrogen-bond donors (Lipinski definition) is 0. The van der Waals surface area contributed by atoms with Crippen LogP contribution in [-0.2, 0) is 35.5 Å². The molecule has 0 bridgehead atoms. The van der Waals surface area contributed by atoms with Crippen LogP contribution >= 0.6 is 0 Å². The number of rotatable bonds is 1. The van der Waals surface area contributed by atoms with Crippen LogP contribution in [0.2, 0.25) is 0 Å². The van der Waals surface area contributed by atoms with Crippen LogP contribution in [0, 0.1) is 17.4 Å². The fourth-order valence-corrected chi connectivity index (χ4v) is 6.60. The third-order valence-electron chi connectivity index (χ3n) is 6.77. The summed E-state index contributed by atoms with van der Waals surface area (Å²) in [5.74, 6) is 0. The van der Waals surface area contributed by atoms with Crippen LogP contribution in [0.3, 0.4) is 0 Å². The maximum atomic E-state index is 2.48. The Morgan fingerprint density at radius 2 is 1.58 bits per heavy atom.